The molecule has 1 heterocycles. The zero-order valence-electron chi connectivity index (χ0n) is 15.4. The van der Waals surface area contributed by atoms with E-state index in [1.54, 1.807) is 0 Å². The molecule has 0 aromatic heterocycles. The lowest BCUT2D eigenvalue weighted by molar-refractivity contribution is -0.156. The first-order valence-corrected chi connectivity index (χ1v) is 10.2. The number of nitrogens with zero attached hydrogens (tertiary/aromatic N) is 1. The van der Waals surface area contributed by atoms with Crippen LogP contribution in [0.1, 0.15) is 38.2 Å². The second-order valence-corrected chi connectivity index (χ2v) is 7.43. The molecule has 0 spiro atoms. The smallest absolute Gasteiger partial charge is 0.419 e. The van der Waals surface area contributed by atoms with Gasteiger partial charge in [-0.05, 0) is 49.7 Å². The number of unbranched alkanes of at least 4 members (excludes halogenated alkanes) is 1. The normalized spacial score (nSPS) is 16.8. The molecule has 6 nitrogen and oxygen atoms in total. The van der Waals surface area contributed by atoms with Crippen molar-refractivity contribution in [2.24, 2.45) is 5.73 Å². The van der Waals surface area contributed by atoms with Crippen molar-refractivity contribution in [3.8, 4) is 0 Å². The van der Waals surface area contributed by atoms with Crippen molar-refractivity contribution in [3.05, 3.63) is 35.9 Å². The van der Waals surface area contributed by atoms with Crippen LogP contribution in [0.4, 0.5) is 4.79 Å². The number of ketones is 1. The van der Waals surface area contributed by atoms with Crippen molar-refractivity contribution >= 4 is 23.8 Å². The van der Waals surface area contributed by atoms with Gasteiger partial charge < -0.3 is 10.5 Å². The molecule has 0 aliphatic carbocycles. The molecule has 144 valence electrons. The molecule has 1 unspecified atom stereocenters. The van der Waals surface area contributed by atoms with Crippen LogP contribution in [-0.2, 0) is 16.0 Å². The maximum Gasteiger partial charge on any atom is 0.419 e. The summed E-state index contributed by atoms with van der Waals surface area (Å²) in [4.78, 5) is 27.0. The van der Waals surface area contributed by atoms with Crippen molar-refractivity contribution in [2.45, 2.75) is 44.8 Å². The van der Waals surface area contributed by atoms with Gasteiger partial charge in [0.15, 0.2) is 5.78 Å². The van der Waals surface area contributed by atoms with Crippen molar-refractivity contribution in [1.29, 1.82) is 0 Å². The third kappa shape index (κ3) is 5.72. The van der Waals surface area contributed by atoms with E-state index in [-0.39, 0.29) is 5.78 Å². The second-order valence-electron chi connectivity index (χ2n) is 6.53. The van der Waals surface area contributed by atoms with Crippen molar-refractivity contribution in [1.82, 2.24) is 9.62 Å². The molecule has 1 atom stereocenters. The van der Waals surface area contributed by atoms with Gasteiger partial charge in [-0.25, -0.2) is 4.79 Å². The summed E-state index contributed by atoms with van der Waals surface area (Å²) in [6, 6.07) is 9.70. The fourth-order valence-corrected chi connectivity index (χ4v) is 3.80. The Labute approximate surface area is 160 Å². The van der Waals surface area contributed by atoms with Crippen molar-refractivity contribution < 1.29 is 14.3 Å². The van der Waals surface area contributed by atoms with Crippen LogP contribution in [0.5, 0.6) is 0 Å². The zero-order valence-corrected chi connectivity index (χ0v) is 16.2. The molecule has 1 aromatic carbocycles. The Morgan fingerprint density at radius 2 is 1.92 bits per heavy atom. The minimum absolute atomic E-state index is 0.147. The number of likely N-dealkylation sites (tertiary alicyclic amines) is 1. The Balaban J connectivity index is 2.08. The average molecular weight is 380 g/mol. The number of hydrogen-bond donors (Lipinski definition) is 2. The molecular weight excluding hydrogens is 350 g/mol. The van der Waals surface area contributed by atoms with Gasteiger partial charge in [-0.2, -0.15) is 0 Å². The first-order chi connectivity index (χ1) is 12.6. The van der Waals surface area contributed by atoms with Crippen LogP contribution in [0.3, 0.4) is 0 Å². The summed E-state index contributed by atoms with van der Waals surface area (Å²) in [6.07, 6.45) is 3.64. The molecule has 0 saturated carbocycles. The topological polar surface area (TPSA) is 84.7 Å². The van der Waals surface area contributed by atoms with E-state index >= 15 is 0 Å². The van der Waals surface area contributed by atoms with Crippen LogP contribution in [0, 0.1) is 0 Å². The first kappa shape index (κ1) is 20.7. The summed E-state index contributed by atoms with van der Waals surface area (Å²) in [5.74, 6) is 0.619. The summed E-state index contributed by atoms with van der Waals surface area (Å²) in [7, 11) is 0. The van der Waals surface area contributed by atoms with E-state index in [1.165, 1.54) is 18.9 Å². The summed E-state index contributed by atoms with van der Waals surface area (Å²) >= 11 is 1.29. The number of carbonyl (C=O) groups is 2. The lowest BCUT2D eigenvalue weighted by atomic mass is 9.97. The van der Waals surface area contributed by atoms with Crippen molar-refractivity contribution in [2.75, 3.05) is 25.4 Å². The number of hydrogen-bond acceptors (Lipinski definition) is 6. The molecule has 7 heteroatoms. The molecule has 0 bridgehead atoms. The van der Waals surface area contributed by atoms with Crippen molar-refractivity contribution in [3.63, 3.8) is 0 Å². The highest BCUT2D eigenvalue weighted by Gasteiger charge is 2.46. The predicted octanol–water partition coefficient (Wildman–Crippen LogP) is 2.72. The summed E-state index contributed by atoms with van der Waals surface area (Å²) in [5.41, 5.74) is 5.19. The van der Waals surface area contributed by atoms with E-state index in [9.17, 15) is 9.59 Å². The molecule has 2 rings (SSSR count). The molecule has 26 heavy (non-hydrogen) atoms. The van der Waals surface area contributed by atoms with E-state index in [1.807, 2.05) is 35.2 Å². The maximum atomic E-state index is 12.6. The van der Waals surface area contributed by atoms with Gasteiger partial charge in [0.25, 0.3) is 0 Å². The van der Waals surface area contributed by atoms with Gasteiger partial charge in [0.2, 0.25) is 5.72 Å². The van der Waals surface area contributed by atoms with E-state index < -0.39 is 11.8 Å². The quantitative estimate of drug-likeness (QED) is 0.480. The van der Waals surface area contributed by atoms with Gasteiger partial charge >= 0.3 is 6.09 Å². The fourth-order valence-electron chi connectivity index (χ4n) is 3.19. The number of nitrogens with two attached hydrogens (primary N) is 1. The predicted molar refractivity (Wildman–Crippen MR) is 105 cm³/mol. The third-order valence-electron chi connectivity index (χ3n) is 4.57. The summed E-state index contributed by atoms with van der Waals surface area (Å²) < 4.78 is 8.47. The molecule has 1 saturated heterocycles. The number of ether oxygens (including phenoxy) is 1. The van der Waals surface area contributed by atoms with E-state index in [0.29, 0.717) is 13.0 Å². The molecule has 0 radical (unpaired) electrons. The molecule has 1 amide bonds. The van der Waals surface area contributed by atoms with E-state index in [0.717, 1.165) is 50.1 Å². The largest absolute Gasteiger partial charge is 0.419 e. The van der Waals surface area contributed by atoms with Crippen LogP contribution in [0.25, 0.3) is 0 Å². The molecule has 1 fully saturated rings. The number of carbonyl (C=O) groups excluding carboxylic acids is 2. The molecule has 3 N–H and O–H groups in total. The minimum Gasteiger partial charge on any atom is -0.419 e. The van der Waals surface area contributed by atoms with Gasteiger partial charge in [-0.1, -0.05) is 30.3 Å². The third-order valence-corrected chi connectivity index (χ3v) is 5.37. The zero-order chi connectivity index (χ0) is 18.8. The summed E-state index contributed by atoms with van der Waals surface area (Å²) in [5, 5.41) is 0. The highest BCUT2D eigenvalue weighted by atomic mass is 32.2. The highest BCUT2D eigenvalue weighted by Crippen LogP contribution is 2.29. The standard InChI is InChI=1S/C19H29N3O3S/c1-16(23)19(22-12-6-7-13-22,15-17-9-3-2-4-10-17)25-18(24)21-26-14-8-5-11-20/h2-4,9-10H,5-8,11-15,20H2,1H3,(H,21,24). The Bertz CT molecular complexity index is 579. The van der Waals surface area contributed by atoms with Crippen LogP contribution in [0.15, 0.2) is 30.3 Å². The van der Waals surface area contributed by atoms with Gasteiger partial charge in [-0.15, -0.1) is 0 Å². The van der Waals surface area contributed by atoms with E-state index in [4.69, 9.17) is 10.5 Å². The average Bonchev–Trinajstić information content (AvgIpc) is 3.17. The lowest BCUT2D eigenvalue weighted by Gasteiger charge is -2.38. The second kappa shape index (κ2) is 10.5. The maximum absolute atomic E-state index is 12.6. The fraction of sp³-hybridized carbons (Fsp3) is 0.579. The molecule has 1 aliphatic rings. The minimum atomic E-state index is -1.25. The first-order valence-electron chi connectivity index (χ1n) is 9.19. The van der Waals surface area contributed by atoms with Gasteiger partial charge in [0.1, 0.15) is 0 Å². The van der Waals surface area contributed by atoms with Crippen LogP contribution < -0.4 is 10.5 Å². The number of Topliss-reactive ketones (excluding diaryl/α,β-unsaturated/α-hetero) is 1. The SMILES string of the molecule is CC(=O)C(Cc1ccccc1)(OC(=O)NSCCCCN)N1CCCC1. The Morgan fingerprint density at radius 3 is 2.54 bits per heavy atom. The van der Waals surface area contributed by atoms with E-state index in [2.05, 4.69) is 4.72 Å². The van der Waals surface area contributed by atoms with Gasteiger partial charge in [0.05, 0.1) is 0 Å². The lowest BCUT2D eigenvalue weighted by Crippen LogP contribution is -2.58. The molecule has 1 aliphatic heterocycles. The number of rotatable bonds is 10. The Hall–Kier alpha value is -1.57. The molecule has 1 aromatic rings. The number of amides is 1. The number of benzene rings is 1. The number of nitrogens with one attached hydrogen (secondary N) is 1. The highest BCUT2D eigenvalue weighted by molar-refractivity contribution is 7.97. The van der Waals surface area contributed by atoms with Crippen LogP contribution >= 0.6 is 11.9 Å². The summed E-state index contributed by atoms with van der Waals surface area (Å²) in [6.45, 7) is 3.65. The van der Waals surface area contributed by atoms with Gasteiger partial charge in [-0.3, -0.25) is 14.4 Å². The Kier molecular flexibility index (Phi) is 8.41. The van der Waals surface area contributed by atoms with Crippen LogP contribution in [0.2, 0.25) is 0 Å². The monoisotopic (exact) mass is 379 g/mol. The molecular formula is C19H29N3O3S. The van der Waals surface area contributed by atoms with Crippen LogP contribution in [-0.4, -0.2) is 47.9 Å². The Morgan fingerprint density at radius 1 is 1.23 bits per heavy atom. The van der Waals surface area contributed by atoms with Gasteiger partial charge in [0, 0.05) is 32.2 Å².